The smallest absolute Gasteiger partial charge is 0.317 e. The van der Waals surface area contributed by atoms with Gasteiger partial charge in [0.15, 0.2) is 0 Å². The molecule has 2 atom stereocenters. The predicted molar refractivity (Wildman–Crippen MR) is 95.4 cm³/mol. The maximum atomic E-state index is 13.1. The van der Waals surface area contributed by atoms with Gasteiger partial charge < -0.3 is 9.47 Å². The van der Waals surface area contributed by atoms with Gasteiger partial charge in [-0.15, -0.1) is 0 Å². The molecule has 0 saturated carbocycles. The molecule has 0 fully saturated rings. The summed E-state index contributed by atoms with van der Waals surface area (Å²) in [5, 5.41) is 0. The molecule has 1 aliphatic carbocycles. The zero-order chi connectivity index (χ0) is 18.4. The molecule has 4 nitrogen and oxygen atoms in total. The van der Waals surface area contributed by atoms with Crippen molar-refractivity contribution in [2.75, 3.05) is 13.2 Å². The normalized spacial score (nSPS) is 26.7. The van der Waals surface area contributed by atoms with E-state index in [1.807, 2.05) is 26.0 Å². The minimum absolute atomic E-state index is 0.253. The lowest BCUT2D eigenvalue weighted by atomic mass is 9.53. The second-order valence-corrected chi connectivity index (χ2v) is 7.63. The molecular formula is C20H34O4. The lowest BCUT2D eigenvalue weighted by Crippen LogP contribution is -2.55. The molecule has 1 rings (SSSR count). The van der Waals surface area contributed by atoms with Gasteiger partial charge in [-0.25, -0.2) is 0 Å². The van der Waals surface area contributed by atoms with E-state index in [2.05, 4.69) is 27.7 Å². The van der Waals surface area contributed by atoms with Gasteiger partial charge >= 0.3 is 11.9 Å². The Hall–Kier alpha value is -1.32. The summed E-state index contributed by atoms with van der Waals surface area (Å²) in [7, 11) is 0. The lowest BCUT2D eigenvalue weighted by molar-refractivity contribution is -0.181. The Labute approximate surface area is 147 Å². The number of esters is 2. The van der Waals surface area contributed by atoms with E-state index in [0.29, 0.717) is 32.5 Å². The standard InChI is InChI=1S/C20H34O4/c1-7-23-17(21)19(13-15(3)4)11-9-10-12-20(19,14-16(5)6)18(22)24-8-2/h9,11,15-16H,7-8,10,12-14H2,1-6H3. The van der Waals surface area contributed by atoms with Gasteiger partial charge in [-0.05, 0) is 51.4 Å². The SMILES string of the molecule is CCOC(=O)C1(CC(C)C)C=CCCC1(CC(C)C)C(=O)OCC. The van der Waals surface area contributed by atoms with Gasteiger partial charge in [0.2, 0.25) is 0 Å². The third-order valence-corrected chi connectivity index (χ3v) is 4.79. The maximum Gasteiger partial charge on any atom is 0.317 e. The van der Waals surface area contributed by atoms with Crippen molar-refractivity contribution in [3.05, 3.63) is 12.2 Å². The zero-order valence-electron chi connectivity index (χ0n) is 16.2. The highest BCUT2D eigenvalue weighted by Crippen LogP contribution is 2.56. The number of carbonyl (C=O) groups excluding carboxylic acids is 2. The summed E-state index contributed by atoms with van der Waals surface area (Å²) < 4.78 is 10.9. The van der Waals surface area contributed by atoms with E-state index in [9.17, 15) is 9.59 Å². The van der Waals surface area contributed by atoms with Gasteiger partial charge in [-0.3, -0.25) is 9.59 Å². The van der Waals surface area contributed by atoms with Crippen LogP contribution in [0.4, 0.5) is 0 Å². The molecular weight excluding hydrogens is 304 g/mol. The van der Waals surface area contributed by atoms with Crippen molar-refractivity contribution in [2.45, 2.75) is 67.2 Å². The van der Waals surface area contributed by atoms with Crippen molar-refractivity contribution in [3.8, 4) is 0 Å². The monoisotopic (exact) mass is 338 g/mol. The van der Waals surface area contributed by atoms with Crippen LogP contribution >= 0.6 is 0 Å². The number of rotatable bonds is 8. The van der Waals surface area contributed by atoms with E-state index in [1.165, 1.54) is 0 Å². The van der Waals surface area contributed by atoms with Crippen molar-refractivity contribution in [3.63, 3.8) is 0 Å². The maximum absolute atomic E-state index is 13.1. The van der Waals surface area contributed by atoms with Gasteiger partial charge in [0.25, 0.3) is 0 Å². The second-order valence-electron chi connectivity index (χ2n) is 7.63. The fourth-order valence-electron chi connectivity index (χ4n) is 4.13. The van der Waals surface area contributed by atoms with Crippen LogP contribution in [-0.4, -0.2) is 25.2 Å². The van der Waals surface area contributed by atoms with Crippen molar-refractivity contribution in [2.24, 2.45) is 22.7 Å². The summed E-state index contributed by atoms with van der Waals surface area (Å²) in [5.41, 5.74) is -1.78. The van der Waals surface area contributed by atoms with E-state index < -0.39 is 10.8 Å². The number of ether oxygens (including phenoxy) is 2. The van der Waals surface area contributed by atoms with Crippen LogP contribution in [0.25, 0.3) is 0 Å². The van der Waals surface area contributed by atoms with E-state index >= 15 is 0 Å². The van der Waals surface area contributed by atoms with Crippen molar-refractivity contribution >= 4 is 11.9 Å². The molecule has 1 aliphatic rings. The number of carbonyl (C=O) groups is 2. The summed E-state index contributed by atoms with van der Waals surface area (Å²) in [6.07, 6.45) is 6.59. The molecule has 0 aromatic rings. The summed E-state index contributed by atoms with van der Waals surface area (Å²) in [4.78, 5) is 26.2. The molecule has 2 unspecified atom stereocenters. The highest BCUT2D eigenvalue weighted by atomic mass is 16.5. The van der Waals surface area contributed by atoms with Gasteiger partial charge in [-0.1, -0.05) is 39.8 Å². The fourth-order valence-corrected chi connectivity index (χ4v) is 4.13. The molecule has 138 valence electrons. The molecule has 4 heteroatoms. The molecule has 0 heterocycles. The molecule has 0 aromatic heterocycles. The summed E-state index contributed by atoms with van der Waals surface area (Å²) in [6.45, 7) is 12.6. The Balaban J connectivity index is 3.54. The molecule has 0 N–H and O–H groups in total. The molecule has 24 heavy (non-hydrogen) atoms. The van der Waals surface area contributed by atoms with Crippen LogP contribution in [0.1, 0.15) is 67.2 Å². The van der Waals surface area contributed by atoms with Gasteiger partial charge in [0.05, 0.1) is 18.6 Å². The Morgan fingerprint density at radius 2 is 1.50 bits per heavy atom. The predicted octanol–water partition coefficient (Wildman–Crippen LogP) is 4.53. The van der Waals surface area contributed by atoms with E-state index in [1.54, 1.807) is 0 Å². The Morgan fingerprint density at radius 1 is 0.958 bits per heavy atom. The van der Waals surface area contributed by atoms with Crippen LogP contribution in [0.3, 0.4) is 0 Å². The summed E-state index contributed by atoms with van der Waals surface area (Å²) in [6, 6.07) is 0. The van der Waals surface area contributed by atoms with E-state index in [-0.39, 0.29) is 23.8 Å². The van der Waals surface area contributed by atoms with Crippen LogP contribution in [0.5, 0.6) is 0 Å². The van der Waals surface area contributed by atoms with Gasteiger partial charge in [0, 0.05) is 0 Å². The number of hydrogen-bond acceptors (Lipinski definition) is 4. The zero-order valence-corrected chi connectivity index (χ0v) is 16.2. The highest BCUT2D eigenvalue weighted by Gasteiger charge is 2.61. The van der Waals surface area contributed by atoms with Gasteiger partial charge in [0.1, 0.15) is 5.41 Å². The first kappa shape index (κ1) is 20.7. The summed E-state index contributed by atoms with van der Waals surface area (Å²) >= 11 is 0. The third kappa shape index (κ3) is 4.01. The van der Waals surface area contributed by atoms with Crippen molar-refractivity contribution in [1.82, 2.24) is 0 Å². The molecule has 0 amide bonds. The Kier molecular flexibility index (Phi) is 7.50. The molecule has 0 spiro atoms. The topological polar surface area (TPSA) is 52.6 Å². The fraction of sp³-hybridized carbons (Fsp3) is 0.800. The van der Waals surface area contributed by atoms with Crippen molar-refractivity contribution in [1.29, 1.82) is 0 Å². The average Bonchev–Trinajstić information content (AvgIpc) is 2.48. The molecule has 0 radical (unpaired) electrons. The quantitative estimate of drug-likeness (QED) is 0.482. The lowest BCUT2D eigenvalue weighted by Gasteiger charge is -2.49. The minimum atomic E-state index is -0.939. The Morgan fingerprint density at radius 3 is 2.00 bits per heavy atom. The van der Waals surface area contributed by atoms with Crippen LogP contribution in [-0.2, 0) is 19.1 Å². The minimum Gasteiger partial charge on any atom is -0.466 e. The molecule has 0 aromatic carbocycles. The molecule has 0 bridgehead atoms. The van der Waals surface area contributed by atoms with Crippen molar-refractivity contribution < 1.29 is 19.1 Å². The highest BCUT2D eigenvalue weighted by molar-refractivity contribution is 5.90. The van der Waals surface area contributed by atoms with Crippen LogP contribution in [0, 0.1) is 22.7 Å². The van der Waals surface area contributed by atoms with Crippen LogP contribution in [0.2, 0.25) is 0 Å². The third-order valence-electron chi connectivity index (χ3n) is 4.79. The summed E-state index contributed by atoms with van der Waals surface area (Å²) in [5.74, 6) is 0.0000888. The number of allylic oxidation sites excluding steroid dienone is 1. The molecule has 0 saturated heterocycles. The molecule has 0 aliphatic heterocycles. The van der Waals surface area contributed by atoms with Gasteiger partial charge in [-0.2, -0.15) is 0 Å². The van der Waals surface area contributed by atoms with E-state index in [4.69, 9.17) is 9.47 Å². The van der Waals surface area contributed by atoms with Crippen LogP contribution < -0.4 is 0 Å². The van der Waals surface area contributed by atoms with Crippen LogP contribution in [0.15, 0.2) is 12.2 Å². The first-order valence-electron chi connectivity index (χ1n) is 9.27. The largest absolute Gasteiger partial charge is 0.466 e. The second kappa shape index (κ2) is 8.68. The first-order valence-corrected chi connectivity index (χ1v) is 9.27. The Bertz CT molecular complexity index is 466. The average molecular weight is 338 g/mol. The first-order chi connectivity index (χ1) is 11.3. The number of hydrogen-bond donors (Lipinski definition) is 0. The van der Waals surface area contributed by atoms with E-state index in [0.717, 1.165) is 6.42 Å².